The van der Waals surface area contributed by atoms with E-state index in [1.165, 1.54) is 47.9 Å². The molecule has 6 heteroatoms. The van der Waals surface area contributed by atoms with Gasteiger partial charge in [0.15, 0.2) is 0 Å². The van der Waals surface area contributed by atoms with Crippen molar-refractivity contribution in [1.82, 2.24) is 0 Å². The van der Waals surface area contributed by atoms with Gasteiger partial charge in [-0.2, -0.15) is 0 Å². The van der Waals surface area contributed by atoms with E-state index in [4.69, 9.17) is 18.6 Å². The second kappa shape index (κ2) is 9.11. The molecule has 0 radical (unpaired) electrons. The largest absolute Gasteiger partial charge is 0.494 e. The molecule has 0 atom stereocenters. The van der Waals surface area contributed by atoms with E-state index in [0.717, 1.165) is 23.8 Å². The molecule has 2 aromatic rings. The van der Waals surface area contributed by atoms with Crippen molar-refractivity contribution in [2.24, 2.45) is 0 Å². The molecule has 0 N–H and O–H groups in total. The molecule has 4 nitrogen and oxygen atoms in total. The summed E-state index contributed by atoms with van der Waals surface area (Å²) < 4.78 is 23.4. The minimum Gasteiger partial charge on any atom is -0.405 e. The van der Waals surface area contributed by atoms with Gasteiger partial charge >= 0.3 is 14.2 Å². The summed E-state index contributed by atoms with van der Waals surface area (Å²) in [5, 5.41) is 0. The fraction of sp³-hybridized carbons (Fsp3) is 0.520. The van der Waals surface area contributed by atoms with Gasteiger partial charge in [-0.3, -0.25) is 0 Å². The van der Waals surface area contributed by atoms with Gasteiger partial charge in [0, 0.05) is 5.41 Å². The Kier molecular flexibility index (Phi) is 6.25. The smallest absolute Gasteiger partial charge is 0.405 e. The monoisotopic (exact) mass is 418 g/mol. The van der Waals surface area contributed by atoms with Crippen LogP contribution in [0, 0.1) is 0 Å². The first-order valence-corrected chi connectivity index (χ1v) is 12.0. The molecule has 2 fully saturated rings. The molecule has 0 bridgehead atoms. The highest BCUT2D eigenvalue weighted by Crippen LogP contribution is 2.53. The van der Waals surface area contributed by atoms with Crippen LogP contribution in [0.4, 0.5) is 0 Å². The van der Waals surface area contributed by atoms with E-state index in [1.807, 2.05) is 0 Å². The third-order valence-corrected chi connectivity index (χ3v) is 7.11. The number of unbranched alkanes of at least 4 members (excludes halogenated alkanes) is 2. The fourth-order valence-corrected chi connectivity index (χ4v) is 5.55. The number of hydrogen-bond donors (Lipinski definition) is 0. The molecular formula is C25H32B2O4. The maximum atomic E-state index is 5.84. The second-order valence-electron chi connectivity index (χ2n) is 9.05. The zero-order chi connectivity index (χ0) is 21.3. The molecule has 2 aromatic carbocycles. The van der Waals surface area contributed by atoms with Crippen LogP contribution in [0.5, 0.6) is 0 Å². The molecule has 0 amide bonds. The SMILES string of the molecule is CCCCC1(CCCC)c2cc(B3OCCO3)ccc2-c2ccc(B3OCCO3)cc21. The summed E-state index contributed by atoms with van der Waals surface area (Å²) in [5.74, 6) is 0. The minimum atomic E-state index is -0.236. The average molecular weight is 418 g/mol. The van der Waals surface area contributed by atoms with Gasteiger partial charge in [-0.05, 0) is 46.0 Å². The van der Waals surface area contributed by atoms with Crippen LogP contribution in [-0.2, 0) is 24.0 Å². The first-order chi connectivity index (χ1) is 15.3. The first-order valence-electron chi connectivity index (χ1n) is 12.0. The lowest BCUT2D eigenvalue weighted by Crippen LogP contribution is -2.35. The van der Waals surface area contributed by atoms with Gasteiger partial charge in [-0.25, -0.2) is 0 Å². The van der Waals surface area contributed by atoms with Gasteiger partial charge in [0.05, 0.1) is 26.4 Å². The highest BCUT2D eigenvalue weighted by molar-refractivity contribution is 6.62. The van der Waals surface area contributed by atoms with Crippen molar-refractivity contribution in [1.29, 1.82) is 0 Å². The molecule has 0 spiro atoms. The second-order valence-corrected chi connectivity index (χ2v) is 9.05. The van der Waals surface area contributed by atoms with E-state index in [-0.39, 0.29) is 19.7 Å². The van der Waals surface area contributed by atoms with Crippen molar-refractivity contribution in [2.75, 3.05) is 26.4 Å². The lowest BCUT2D eigenvalue weighted by Gasteiger charge is -2.33. The normalized spacial score (nSPS) is 19.2. The maximum absolute atomic E-state index is 5.84. The molecule has 162 valence electrons. The number of hydrogen-bond acceptors (Lipinski definition) is 4. The average Bonchev–Trinajstić information content (AvgIpc) is 3.57. The van der Waals surface area contributed by atoms with Crippen LogP contribution >= 0.6 is 0 Å². The van der Waals surface area contributed by atoms with Crippen molar-refractivity contribution in [2.45, 2.75) is 57.8 Å². The highest BCUT2D eigenvalue weighted by Gasteiger charge is 2.44. The Morgan fingerprint density at radius 1 is 0.677 bits per heavy atom. The van der Waals surface area contributed by atoms with Crippen LogP contribution in [0.1, 0.15) is 63.5 Å². The van der Waals surface area contributed by atoms with E-state index in [9.17, 15) is 0 Å². The highest BCUT2D eigenvalue weighted by atomic mass is 16.6. The predicted molar refractivity (Wildman–Crippen MR) is 126 cm³/mol. The van der Waals surface area contributed by atoms with Gasteiger partial charge in [0.1, 0.15) is 0 Å². The zero-order valence-electron chi connectivity index (χ0n) is 18.8. The van der Waals surface area contributed by atoms with Gasteiger partial charge in [-0.15, -0.1) is 0 Å². The van der Waals surface area contributed by atoms with Crippen LogP contribution < -0.4 is 10.9 Å². The van der Waals surface area contributed by atoms with Crippen molar-refractivity contribution in [3.63, 3.8) is 0 Å². The van der Waals surface area contributed by atoms with E-state index in [1.54, 1.807) is 0 Å². The Hall–Kier alpha value is -1.59. The minimum absolute atomic E-state index is 0.0277. The van der Waals surface area contributed by atoms with E-state index in [2.05, 4.69) is 50.2 Å². The fourth-order valence-electron chi connectivity index (χ4n) is 5.55. The quantitative estimate of drug-likeness (QED) is 0.612. The predicted octanol–water partition coefficient (Wildman–Crippen LogP) is 3.82. The maximum Gasteiger partial charge on any atom is 0.494 e. The molecule has 0 saturated carbocycles. The Morgan fingerprint density at radius 2 is 1.10 bits per heavy atom. The summed E-state index contributed by atoms with van der Waals surface area (Å²) in [6.45, 7) is 7.26. The molecular weight excluding hydrogens is 386 g/mol. The third kappa shape index (κ3) is 3.78. The van der Waals surface area contributed by atoms with Gasteiger partial charge in [-0.1, -0.05) is 75.9 Å². The van der Waals surface area contributed by atoms with E-state index >= 15 is 0 Å². The standard InChI is InChI=1S/C25H32B2O4/c1-3-5-11-25(12-6-4-2)23-17-19(26-28-13-14-29-26)7-9-21(23)22-10-8-20(18-24(22)25)27-30-15-16-31-27/h7-10,17-18H,3-6,11-16H2,1-2H3. The molecule has 2 aliphatic heterocycles. The molecule has 3 aliphatic rings. The molecule has 0 aromatic heterocycles. The topological polar surface area (TPSA) is 36.9 Å². The zero-order valence-corrected chi connectivity index (χ0v) is 18.8. The summed E-state index contributed by atoms with van der Waals surface area (Å²) in [7, 11) is -0.472. The van der Waals surface area contributed by atoms with Crippen LogP contribution in [0.15, 0.2) is 36.4 Å². The first kappa shape index (κ1) is 21.3. The number of fused-ring (bicyclic) bond motifs is 3. The summed E-state index contributed by atoms with van der Waals surface area (Å²) in [4.78, 5) is 0. The van der Waals surface area contributed by atoms with Crippen molar-refractivity contribution in [3.05, 3.63) is 47.5 Å². The van der Waals surface area contributed by atoms with E-state index in [0.29, 0.717) is 26.4 Å². The van der Waals surface area contributed by atoms with Gasteiger partial charge in [0.2, 0.25) is 0 Å². The lowest BCUT2D eigenvalue weighted by molar-refractivity contribution is 0.365. The van der Waals surface area contributed by atoms with Crippen LogP contribution in [0.25, 0.3) is 11.1 Å². The molecule has 0 unspecified atom stereocenters. The number of benzene rings is 2. The summed E-state index contributed by atoms with van der Waals surface area (Å²) >= 11 is 0. The molecule has 2 heterocycles. The molecule has 5 rings (SSSR count). The summed E-state index contributed by atoms with van der Waals surface area (Å²) in [6, 6.07) is 13.7. The van der Waals surface area contributed by atoms with Crippen molar-refractivity contribution in [3.8, 4) is 11.1 Å². The van der Waals surface area contributed by atoms with Crippen molar-refractivity contribution < 1.29 is 18.6 Å². The Morgan fingerprint density at radius 3 is 1.48 bits per heavy atom. The van der Waals surface area contributed by atoms with Crippen LogP contribution in [0.3, 0.4) is 0 Å². The molecule has 2 saturated heterocycles. The van der Waals surface area contributed by atoms with E-state index < -0.39 is 0 Å². The summed E-state index contributed by atoms with van der Waals surface area (Å²) in [6.07, 6.45) is 7.14. The number of rotatable bonds is 8. The molecule has 1 aliphatic carbocycles. The van der Waals surface area contributed by atoms with Crippen LogP contribution in [-0.4, -0.2) is 40.7 Å². The van der Waals surface area contributed by atoms with Gasteiger partial charge < -0.3 is 18.6 Å². The summed E-state index contributed by atoms with van der Waals surface area (Å²) in [5.41, 5.74) is 7.94. The Labute approximate surface area is 186 Å². The van der Waals surface area contributed by atoms with Crippen LogP contribution in [0.2, 0.25) is 0 Å². The Bertz CT molecular complexity index is 844. The lowest BCUT2D eigenvalue weighted by atomic mass is 9.67. The van der Waals surface area contributed by atoms with Gasteiger partial charge in [0.25, 0.3) is 0 Å². The molecule has 31 heavy (non-hydrogen) atoms. The third-order valence-electron chi connectivity index (χ3n) is 7.11. The Balaban J connectivity index is 1.64. The van der Waals surface area contributed by atoms with Crippen molar-refractivity contribution >= 4 is 25.2 Å².